The molecule has 2 aliphatic rings. The molecule has 10 heteroatoms. The van der Waals surface area contributed by atoms with Gasteiger partial charge in [0.05, 0.1) is 39.2 Å². The Morgan fingerprint density at radius 2 is 1.89 bits per heavy atom. The molecule has 0 amide bonds. The van der Waals surface area contributed by atoms with Crippen molar-refractivity contribution in [2.24, 2.45) is 5.92 Å². The number of pyridine rings is 3. The van der Waals surface area contributed by atoms with Gasteiger partial charge >= 0.3 is 0 Å². The lowest BCUT2D eigenvalue weighted by atomic mass is 10.1. The van der Waals surface area contributed by atoms with Gasteiger partial charge in [0.15, 0.2) is 5.65 Å². The number of rotatable bonds is 1. The van der Waals surface area contributed by atoms with Crippen LogP contribution in [-0.4, -0.2) is 45.6 Å². The summed E-state index contributed by atoms with van der Waals surface area (Å²) in [4.78, 5) is 37.6. The topological polar surface area (TPSA) is 118 Å². The molecule has 0 aromatic carbocycles. The highest BCUT2D eigenvalue weighted by atomic mass is 32.1. The second-order valence-corrected chi connectivity index (χ2v) is 9.77. The molecule has 0 spiro atoms. The first-order valence-electron chi connectivity index (χ1n) is 11.2. The summed E-state index contributed by atoms with van der Waals surface area (Å²) in [6, 6.07) is 9.71. The Kier molecular flexibility index (Phi) is 4.15. The van der Waals surface area contributed by atoms with Crippen molar-refractivity contribution in [2.45, 2.75) is 13.8 Å². The molecule has 2 aliphatic heterocycles. The second kappa shape index (κ2) is 7.28. The summed E-state index contributed by atoms with van der Waals surface area (Å²) >= 11 is 1.49. The minimum absolute atomic E-state index is 0.0193. The third-order valence-electron chi connectivity index (χ3n) is 6.10. The molecule has 0 fully saturated rings. The van der Waals surface area contributed by atoms with E-state index < -0.39 is 0 Å². The van der Waals surface area contributed by atoms with Crippen molar-refractivity contribution in [3.05, 3.63) is 55.1 Å². The van der Waals surface area contributed by atoms with Crippen LogP contribution in [0.4, 0.5) is 0 Å². The van der Waals surface area contributed by atoms with Crippen molar-refractivity contribution in [3.63, 3.8) is 0 Å². The Hall–Kier alpha value is -4.44. The van der Waals surface area contributed by atoms with Gasteiger partial charge in [0.1, 0.15) is 21.6 Å². The number of nitrogens with zero attached hydrogens (tertiary/aromatic N) is 6. The van der Waals surface area contributed by atoms with Gasteiger partial charge in [0.25, 0.3) is 0 Å². The van der Waals surface area contributed by atoms with E-state index in [2.05, 4.69) is 25.1 Å². The number of fused-ring (bicyclic) bond motifs is 9. The summed E-state index contributed by atoms with van der Waals surface area (Å²) in [7, 11) is 0. The summed E-state index contributed by atoms with van der Waals surface area (Å²) in [6.07, 6.45) is 6.98. The summed E-state index contributed by atoms with van der Waals surface area (Å²) in [6.45, 7) is 3.79. The molecule has 0 radical (unpaired) electrons. The third kappa shape index (κ3) is 3.00. The van der Waals surface area contributed by atoms with E-state index in [1.807, 2.05) is 44.2 Å². The maximum atomic E-state index is 13.4. The maximum absolute atomic E-state index is 13.4. The molecular weight excluding hydrogens is 460 g/mol. The number of hydrogen-bond acceptors (Lipinski definition) is 7. The molecule has 0 unspecified atom stereocenters. The van der Waals surface area contributed by atoms with Crippen LogP contribution in [0.25, 0.3) is 64.9 Å². The van der Waals surface area contributed by atoms with Crippen LogP contribution in [0.2, 0.25) is 0 Å². The van der Waals surface area contributed by atoms with Crippen LogP contribution in [0.15, 0.2) is 55.1 Å². The lowest BCUT2D eigenvalue weighted by molar-refractivity contribution is 0.0865. The van der Waals surface area contributed by atoms with Gasteiger partial charge in [0.2, 0.25) is 5.91 Å². The molecular formula is C25H18N8OS. The van der Waals surface area contributed by atoms with Crippen molar-refractivity contribution >= 4 is 70.9 Å². The second-order valence-electron chi connectivity index (χ2n) is 8.71. The van der Waals surface area contributed by atoms with Gasteiger partial charge in [-0.2, -0.15) is 0 Å². The van der Waals surface area contributed by atoms with Crippen molar-refractivity contribution in [3.8, 4) is 11.3 Å². The van der Waals surface area contributed by atoms with Crippen LogP contribution in [0.5, 0.6) is 0 Å². The summed E-state index contributed by atoms with van der Waals surface area (Å²) < 4.78 is 2.63. The number of carbonyl (C=O) groups is 1. The normalized spacial score (nSPS) is 12.1. The zero-order valence-corrected chi connectivity index (χ0v) is 19.6. The predicted molar refractivity (Wildman–Crippen MR) is 137 cm³/mol. The maximum Gasteiger partial charge on any atom is 0.234 e. The van der Waals surface area contributed by atoms with Crippen molar-refractivity contribution < 1.29 is 4.79 Å². The first kappa shape index (κ1) is 20.0. The molecule has 8 bridgehead atoms. The molecule has 0 aliphatic carbocycles. The van der Waals surface area contributed by atoms with E-state index in [0.29, 0.717) is 16.7 Å². The molecule has 0 saturated carbocycles. The molecule has 0 atom stereocenters. The Balaban J connectivity index is 1.75. The van der Waals surface area contributed by atoms with Crippen LogP contribution in [0, 0.1) is 5.92 Å². The first-order valence-corrected chi connectivity index (χ1v) is 12.0. The number of thiophene rings is 1. The Bertz CT molecular complexity index is 1970. The average molecular weight is 479 g/mol. The molecule has 35 heavy (non-hydrogen) atoms. The van der Waals surface area contributed by atoms with E-state index in [0.717, 1.165) is 48.2 Å². The molecule has 5 aromatic rings. The van der Waals surface area contributed by atoms with Crippen molar-refractivity contribution in [1.29, 1.82) is 0 Å². The molecule has 9 nitrogen and oxygen atoms in total. The highest BCUT2D eigenvalue weighted by Gasteiger charge is 2.17. The smallest absolute Gasteiger partial charge is 0.234 e. The number of aromatic amines is 2. The Labute approximate surface area is 201 Å². The predicted octanol–water partition coefficient (Wildman–Crippen LogP) is 5.47. The van der Waals surface area contributed by atoms with Crippen LogP contribution >= 0.6 is 11.3 Å². The molecule has 0 saturated heterocycles. The Morgan fingerprint density at radius 3 is 2.77 bits per heavy atom. The molecule has 7 rings (SSSR count). The molecule has 5 aromatic heterocycles. The highest BCUT2D eigenvalue weighted by Crippen LogP contribution is 2.32. The number of carbonyl (C=O) groups excluding carboxylic acids is 1. The van der Waals surface area contributed by atoms with E-state index in [-0.39, 0.29) is 11.8 Å². The van der Waals surface area contributed by atoms with Crippen molar-refractivity contribution in [1.82, 2.24) is 39.7 Å². The van der Waals surface area contributed by atoms with Gasteiger partial charge in [0, 0.05) is 29.3 Å². The standard InChI is InChI=1S/C25H18N8OS/c1-12(2)25(34)33-14-7-13(9-26-10-14)17-8-15-18(11-28-17)31-32-21(15)24-29-16-5-6-27-23(22(16)30-24)19-3-4-20(33)35-19/h3-12,31-32H,1-2H3. The van der Waals surface area contributed by atoms with E-state index in [1.165, 1.54) is 11.3 Å². The number of hydrogen-bond donors (Lipinski definition) is 2. The fraction of sp³-hybridized carbons (Fsp3) is 0.120. The highest BCUT2D eigenvalue weighted by molar-refractivity contribution is 7.24. The van der Waals surface area contributed by atoms with Gasteiger partial charge in [-0.15, -0.1) is 11.3 Å². The summed E-state index contributed by atoms with van der Waals surface area (Å²) in [5.74, 6) is -0.224. The van der Waals surface area contributed by atoms with Crippen LogP contribution < -0.4 is 0 Å². The third-order valence-corrected chi connectivity index (χ3v) is 7.18. The van der Waals surface area contributed by atoms with Gasteiger partial charge in [-0.05, 0) is 30.3 Å². The van der Waals surface area contributed by atoms with Crippen LogP contribution in [0.1, 0.15) is 18.6 Å². The number of imidazole rings is 1. The van der Waals surface area contributed by atoms with E-state index in [1.54, 1.807) is 29.4 Å². The zero-order chi connectivity index (χ0) is 23.7. The van der Waals surface area contributed by atoms with Gasteiger partial charge < -0.3 is 0 Å². The lowest BCUT2D eigenvalue weighted by Gasteiger charge is -2.10. The Morgan fingerprint density at radius 1 is 0.971 bits per heavy atom. The van der Waals surface area contributed by atoms with Gasteiger partial charge in [-0.25, -0.2) is 9.97 Å². The quantitative estimate of drug-likeness (QED) is 0.323. The minimum Gasteiger partial charge on any atom is -0.298 e. The van der Waals surface area contributed by atoms with Crippen LogP contribution in [-0.2, 0) is 0 Å². The van der Waals surface area contributed by atoms with Gasteiger partial charge in [-0.1, -0.05) is 13.8 Å². The molecule has 2 N–H and O–H groups in total. The van der Waals surface area contributed by atoms with Gasteiger partial charge in [-0.3, -0.25) is 34.5 Å². The first-order chi connectivity index (χ1) is 17.1. The number of H-pyrrole nitrogens is 2. The van der Waals surface area contributed by atoms with E-state index in [9.17, 15) is 4.79 Å². The fourth-order valence-electron chi connectivity index (χ4n) is 4.36. The zero-order valence-electron chi connectivity index (χ0n) is 18.8. The molecule has 170 valence electrons. The van der Waals surface area contributed by atoms with E-state index in [4.69, 9.17) is 9.97 Å². The van der Waals surface area contributed by atoms with Crippen LogP contribution in [0.3, 0.4) is 0 Å². The fourth-order valence-corrected chi connectivity index (χ4v) is 5.39. The van der Waals surface area contributed by atoms with Crippen molar-refractivity contribution in [2.75, 3.05) is 0 Å². The van der Waals surface area contributed by atoms with E-state index >= 15 is 0 Å². The number of nitrogens with one attached hydrogen (secondary N) is 2. The SMILES string of the molecule is CC(C)C(=O)n1c2cncc(c2)c2cc3c(cn2)[nH][nH]c-3c2nc3ccnc(c4ccc1s4)c3n2. The summed E-state index contributed by atoms with van der Waals surface area (Å²) in [5, 5.41) is 7.17. The average Bonchev–Trinajstić information content (AvgIpc) is 3.61. The minimum atomic E-state index is -0.205. The summed E-state index contributed by atoms with van der Waals surface area (Å²) in [5.41, 5.74) is 6.72. The number of aromatic nitrogens is 8. The lowest BCUT2D eigenvalue weighted by Crippen LogP contribution is -2.17. The monoisotopic (exact) mass is 478 g/mol. The largest absolute Gasteiger partial charge is 0.298 e. The molecule has 7 heterocycles.